The van der Waals surface area contributed by atoms with Gasteiger partial charge in [0.2, 0.25) is 5.13 Å². The highest BCUT2D eigenvalue weighted by molar-refractivity contribution is 8.12. The average molecular weight is 314 g/mol. The largest absolute Gasteiger partial charge is 0.290 e. The predicted molar refractivity (Wildman–Crippen MR) is 75.6 cm³/mol. The van der Waals surface area contributed by atoms with Crippen LogP contribution < -0.4 is 10.7 Å². The standard InChI is InChI=1S/C5H6N4O2S5/c10-7-11-9(5(14)15)8(4(12)13)3-6-1-2-16-3/h1-2,7,10H,(H,12,13)(H,14,15). The van der Waals surface area contributed by atoms with Crippen LogP contribution in [-0.4, -0.2) is 24.0 Å². The van der Waals surface area contributed by atoms with Crippen LogP contribution in [0, 0.1) is 0 Å². The molecule has 0 aliphatic carbocycles. The molecule has 0 bridgehead atoms. The lowest BCUT2D eigenvalue weighted by molar-refractivity contribution is -0.248. The number of anilines is 1. The molecular weight excluding hydrogens is 308 g/mol. The third-order valence-corrected chi connectivity index (χ3v) is 2.69. The quantitative estimate of drug-likeness (QED) is 0.380. The highest BCUT2D eigenvalue weighted by Gasteiger charge is 2.23. The molecule has 0 radical (unpaired) electrons. The van der Waals surface area contributed by atoms with Crippen molar-refractivity contribution in [1.29, 1.82) is 0 Å². The van der Waals surface area contributed by atoms with Crippen LogP contribution in [0.15, 0.2) is 11.6 Å². The molecule has 1 aromatic heterocycles. The fourth-order valence-corrected chi connectivity index (χ4v) is 2.10. The first kappa shape index (κ1) is 14.1. The molecule has 0 saturated carbocycles. The Morgan fingerprint density at radius 2 is 2.19 bits per heavy atom. The minimum absolute atomic E-state index is 0.00755. The minimum atomic E-state index is 0.00755. The Morgan fingerprint density at radius 1 is 1.50 bits per heavy atom. The molecule has 0 spiro atoms. The van der Waals surface area contributed by atoms with Gasteiger partial charge in [-0.15, -0.1) is 46.7 Å². The van der Waals surface area contributed by atoms with Crippen molar-refractivity contribution < 1.29 is 10.1 Å². The molecule has 0 fully saturated rings. The monoisotopic (exact) mass is 314 g/mol. The van der Waals surface area contributed by atoms with Crippen LogP contribution >= 0.6 is 61.0 Å². The number of thiocarbonyl (C=S) groups is 2. The van der Waals surface area contributed by atoms with Gasteiger partial charge in [-0.2, -0.15) is 5.01 Å². The molecule has 0 atom stereocenters. The summed E-state index contributed by atoms with van der Waals surface area (Å²) in [5, 5.41) is 12.9. The van der Waals surface area contributed by atoms with Crippen LogP contribution in [-0.2, 0) is 4.94 Å². The maximum Gasteiger partial charge on any atom is 0.212 e. The third kappa shape index (κ3) is 3.49. The van der Waals surface area contributed by atoms with Crippen molar-refractivity contribution in [2.45, 2.75) is 0 Å². The smallest absolute Gasteiger partial charge is 0.212 e. The predicted octanol–water partition coefficient (Wildman–Crippen LogP) is 1.42. The van der Waals surface area contributed by atoms with Crippen molar-refractivity contribution in [3.63, 3.8) is 0 Å². The molecule has 6 nitrogen and oxygen atoms in total. The number of thiazole rings is 1. The number of hydroxylamine groups is 1. The number of hydrogen-bond donors (Lipinski definition) is 4. The second kappa shape index (κ2) is 6.66. The Kier molecular flexibility index (Phi) is 5.85. The Labute approximate surface area is 117 Å². The second-order valence-corrected chi connectivity index (χ2v) is 5.25. The van der Waals surface area contributed by atoms with E-state index in [1.54, 1.807) is 11.6 Å². The summed E-state index contributed by atoms with van der Waals surface area (Å²) in [7, 11) is 0. The van der Waals surface area contributed by atoms with Gasteiger partial charge in [-0.05, 0) is 12.2 Å². The zero-order chi connectivity index (χ0) is 12.1. The van der Waals surface area contributed by atoms with Gasteiger partial charge in [-0.25, -0.2) is 4.98 Å². The van der Waals surface area contributed by atoms with Crippen molar-refractivity contribution >= 4 is 74.8 Å². The molecule has 0 unspecified atom stereocenters. The summed E-state index contributed by atoms with van der Waals surface area (Å²) in [6.45, 7) is 0. The van der Waals surface area contributed by atoms with E-state index in [-0.39, 0.29) is 8.64 Å². The Balaban J connectivity index is 3.00. The molecule has 2 N–H and O–H groups in total. The molecule has 88 valence electrons. The number of nitrogens with one attached hydrogen (secondary N) is 1. The zero-order valence-corrected chi connectivity index (χ0v) is 11.7. The lowest BCUT2D eigenvalue weighted by atomic mass is 10.9. The van der Waals surface area contributed by atoms with Gasteiger partial charge < -0.3 is 0 Å². The van der Waals surface area contributed by atoms with Crippen LogP contribution in [0.2, 0.25) is 0 Å². The van der Waals surface area contributed by atoms with Gasteiger partial charge in [-0.3, -0.25) is 5.21 Å². The lowest BCUT2D eigenvalue weighted by Gasteiger charge is -2.30. The topological polar surface area (TPSA) is 60.9 Å². The fraction of sp³-hybridized carbons (Fsp3) is 0. The molecule has 1 heterocycles. The first-order valence-electron chi connectivity index (χ1n) is 3.59. The van der Waals surface area contributed by atoms with Crippen LogP contribution in [0.1, 0.15) is 0 Å². The SMILES string of the molecule is ONON(C(=S)S)N(C(=S)S)c1nccs1. The van der Waals surface area contributed by atoms with Crippen LogP contribution in [0.25, 0.3) is 0 Å². The highest BCUT2D eigenvalue weighted by Crippen LogP contribution is 2.22. The highest BCUT2D eigenvalue weighted by atomic mass is 32.1. The summed E-state index contributed by atoms with van der Waals surface area (Å²) < 4.78 is 0.134. The maximum atomic E-state index is 8.49. The van der Waals surface area contributed by atoms with Crippen molar-refractivity contribution in [3.05, 3.63) is 11.6 Å². The molecule has 16 heavy (non-hydrogen) atoms. The van der Waals surface area contributed by atoms with E-state index in [4.69, 9.17) is 29.6 Å². The van der Waals surface area contributed by atoms with Crippen LogP contribution in [0.3, 0.4) is 0 Å². The number of rotatable bonds is 3. The Morgan fingerprint density at radius 3 is 2.56 bits per heavy atom. The van der Waals surface area contributed by atoms with Gasteiger partial charge in [0.1, 0.15) is 0 Å². The maximum absolute atomic E-state index is 8.49. The average Bonchev–Trinajstić information content (AvgIpc) is 2.69. The number of thiol groups is 2. The van der Waals surface area contributed by atoms with E-state index >= 15 is 0 Å². The molecule has 0 amide bonds. The van der Waals surface area contributed by atoms with Crippen molar-refractivity contribution in [2.24, 2.45) is 0 Å². The van der Waals surface area contributed by atoms with E-state index in [0.29, 0.717) is 5.13 Å². The van der Waals surface area contributed by atoms with Gasteiger partial charge >= 0.3 is 0 Å². The van der Waals surface area contributed by atoms with E-state index in [9.17, 15) is 0 Å². The Hall–Kier alpha value is -0.0100. The first-order valence-corrected chi connectivity index (χ1v) is 6.18. The molecule has 11 heteroatoms. The first-order chi connectivity index (χ1) is 7.57. The fourth-order valence-electron chi connectivity index (χ4n) is 0.762. The van der Waals surface area contributed by atoms with E-state index in [1.807, 2.05) is 0 Å². The summed E-state index contributed by atoms with van der Waals surface area (Å²) in [6, 6.07) is 0. The van der Waals surface area contributed by atoms with Crippen LogP contribution in [0.5, 0.6) is 0 Å². The Bertz CT molecular complexity index is 371. The molecule has 0 aromatic carbocycles. The summed E-state index contributed by atoms with van der Waals surface area (Å²) in [6.07, 6.45) is 1.57. The second-order valence-electron chi connectivity index (χ2n) is 2.15. The third-order valence-electron chi connectivity index (χ3n) is 1.25. The molecule has 0 aliphatic heterocycles. The van der Waals surface area contributed by atoms with E-state index in [2.05, 4.69) is 35.2 Å². The normalized spacial score (nSPS) is 9.94. The summed E-state index contributed by atoms with van der Waals surface area (Å²) in [5.41, 5.74) is 1.48. The van der Waals surface area contributed by atoms with Gasteiger partial charge in [-0.1, -0.05) is 17.9 Å². The summed E-state index contributed by atoms with van der Waals surface area (Å²) in [5.74, 6) is 0. The molecule has 0 saturated heterocycles. The van der Waals surface area contributed by atoms with E-state index < -0.39 is 0 Å². The lowest BCUT2D eigenvalue weighted by Crippen LogP contribution is -2.48. The van der Waals surface area contributed by atoms with Crippen LogP contribution in [0.4, 0.5) is 5.13 Å². The molecular formula is C5H6N4O2S5. The van der Waals surface area contributed by atoms with Gasteiger partial charge in [0.05, 0.1) is 0 Å². The van der Waals surface area contributed by atoms with Crippen molar-refractivity contribution in [2.75, 3.05) is 5.01 Å². The van der Waals surface area contributed by atoms with Gasteiger partial charge in [0.15, 0.2) is 8.64 Å². The zero-order valence-electron chi connectivity index (χ0n) is 7.47. The summed E-state index contributed by atoms with van der Waals surface area (Å²) in [4.78, 5) is 8.63. The van der Waals surface area contributed by atoms with Crippen molar-refractivity contribution in [1.82, 2.24) is 15.8 Å². The van der Waals surface area contributed by atoms with E-state index in [1.165, 1.54) is 22.0 Å². The molecule has 1 rings (SSSR count). The van der Waals surface area contributed by atoms with E-state index in [0.717, 1.165) is 5.17 Å². The van der Waals surface area contributed by atoms with Gasteiger partial charge in [0, 0.05) is 11.6 Å². The number of hydrazine groups is 1. The minimum Gasteiger partial charge on any atom is -0.290 e. The van der Waals surface area contributed by atoms with Crippen molar-refractivity contribution in [3.8, 4) is 0 Å². The summed E-state index contributed by atoms with van der Waals surface area (Å²) >= 11 is 18.9. The number of nitrogens with zero attached hydrogens (tertiary/aromatic N) is 3. The molecule has 0 aliphatic rings. The number of hydrogen-bond acceptors (Lipinski definition) is 7. The van der Waals surface area contributed by atoms with Gasteiger partial charge in [0.25, 0.3) is 0 Å². The number of aromatic nitrogens is 1. The molecule has 1 aromatic rings.